The summed E-state index contributed by atoms with van der Waals surface area (Å²) in [5.74, 6) is 5.60. The highest BCUT2D eigenvalue weighted by Crippen LogP contribution is 2.32. The van der Waals surface area contributed by atoms with Crippen LogP contribution in [0.25, 0.3) is 10.9 Å². The molecule has 1 aromatic carbocycles. The molecule has 1 aromatic heterocycles. The predicted molar refractivity (Wildman–Crippen MR) is 86.0 cm³/mol. The number of benzene rings is 1. The number of nitrogens with zero attached hydrogens (tertiary/aromatic N) is 1. The summed E-state index contributed by atoms with van der Waals surface area (Å²) in [5, 5.41) is 1.64. The first-order chi connectivity index (χ1) is 8.32. The quantitative estimate of drug-likeness (QED) is 0.449. The van der Waals surface area contributed by atoms with Gasteiger partial charge < -0.3 is 5.43 Å². The molecule has 0 saturated carbocycles. The Morgan fingerprint density at radius 3 is 2.50 bits per heavy atom. The number of fused-ring (bicyclic) bond motifs is 1. The number of rotatable bonds is 1. The van der Waals surface area contributed by atoms with E-state index in [2.05, 4.69) is 48.8 Å². The average molecular weight is 376 g/mol. The molecule has 5 heteroatoms. The molecule has 0 bridgehead atoms. The maximum Gasteiger partial charge on any atom is 0.0861 e. The number of nitrogens with one attached hydrogen (secondary N) is 1. The molecular weight excluding hydrogens is 361 g/mol. The number of pyridine rings is 1. The second kappa shape index (κ2) is 4.83. The lowest BCUT2D eigenvalue weighted by atomic mass is 9.91. The molecule has 0 saturated heterocycles. The highest BCUT2D eigenvalue weighted by atomic mass is 127. The van der Waals surface area contributed by atoms with E-state index in [-0.39, 0.29) is 5.41 Å². The van der Waals surface area contributed by atoms with Crippen molar-refractivity contribution in [3.63, 3.8) is 0 Å². The van der Waals surface area contributed by atoms with Gasteiger partial charge in [-0.1, -0.05) is 32.4 Å². The molecule has 0 aliphatic rings. The van der Waals surface area contributed by atoms with Crippen LogP contribution in [-0.4, -0.2) is 4.98 Å². The standard InChI is InChI=1S/C13H15ClIN3/c1-13(2,3)11-6-10(18-16)8-4-7(14)5-9(15)12(8)17-11/h4-6H,16H2,1-3H3,(H,17,18). The van der Waals surface area contributed by atoms with Crippen molar-refractivity contribution in [3.05, 3.63) is 32.5 Å². The highest BCUT2D eigenvalue weighted by Gasteiger charge is 2.18. The molecule has 0 atom stereocenters. The summed E-state index contributed by atoms with van der Waals surface area (Å²) in [6, 6.07) is 5.77. The van der Waals surface area contributed by atoms with Crippen LogP contribution in [0.5, 0.6) is 0 Å². The molecule has 18 heavy (non-hydrogen) atoms. The van der Waals surface area contributed by atoms with E-state index in [9.17, 15) is 0 Å². The maximum absolute atomic E-state index is 6.08. The molecule has 0 aliphatic carbocycles. The summed E-state index contributed by atoms with van der Waals surface area (Å²) in [7, 11) is 0. The fourth-order valence-electron chi connectivity index (χ4n) is 1.76. The summed E-state index contributed by atoms with van der Waals surface area (Å²) in [4.78, 5) is 4.73. The van der Waals surface area contributed by atoms with Gasteiger partial charge in [-0.25, -0.2) is 0 Å². The topological polar surface area (TPSA) is 50.9 Å². The summed E-state index contributed by atoms with van der Waals surface area (Å²) in [5.41, 5.74) is 5.50. The molecule has 2 aromatic rings. The third-order valence-corrected chi connectivity index (χ3v) is 3.80. The number of aromatic nitrogens is 1. The lowest BCUT2D eigenvalue weighted by Gasteiger charge is -2.20. The fourth-order valence-corrected chi connectivity index (χ4v) is 2.90. The van der Waals surface area contributed by atoms with E-state index >= 15 is 0 Å². The zero-order valence-corrected chi connectivity index (χ0v) is 13.4. The molecular formula is C13H15ClIN3. The first-order valence-electron chi connectivity index (χ1n) is 5.60. The van der Waals surface area contributed by atoms with Crippen LogP contribution in [0, 0.1) is 3.57 Å². The van der Waals surface area contributed by atoms with Crippen LogP contribution in [0.15, 0.2) is 18.2 Å². The van der Waals surface area contributed by atoms with Crippen molar-refractivity contribution in [2.24, 2.45) is 5.84 Å². The van der Waals surface area contributed by atoms with E-state index in [1.807, 2.05) is 18.2 Å². The summed E-state index contributed by atoms with van der Waals surface area (Å²) in [6.07, 6.45) is 0. The Bertz CT molecular complexity index is 605. The van der Waals surface area contributed by atoms with E-state index in [1.165, 1.54) is 0 Å². The molecule has 0 spiro atoms. The Morgan fingerprint density at radius 2 is 1.94 bits per heavy atom. The highest BCUT2D eigenvalue weighted by molar-refractivity contribution is 14.1. The number of nitrogen functional groups attached to an aromatic ring is 1. The van der Waals surface area contributed by atoms with E-state index < -0.39 is 0 Å². The minimum absolute atomic E-state index is 0.0253. The van der Waals surface area contributed by atoms with Crippen molar-refractivity contribution >= 4 is 50.8 Å². The number of hydrogen-bond acceptors (Lipinski definition) is 3. The van der Waals surface area contributed by atoms with E-state index in [1.54, 1.807) is 0 Å². The number of nitrogens with two attached hydrogens (primary N) is 1. The SMILES string of the molecule is CC(C)(C)c1cc(NN)c2cc(Cl)cc(I)c2n1. The van der Waals surface area contributed by atoms with Gasteiger partial charge in [0.15, 0.2) is 0 Å². The van der Waals surface area contributed by atoms with Gasteiger partial charge in [0, 0.05) is 25.1 Å². The number of hydrogen-bond donors (Lipinski definition) is 2. The molecule has 1 heterocycles. The second-order valence-electron chi connectivity index (χ2n) is 5.23. The smallest absolute Gasteiger partial charge is 0.0861 e. The van der Waals surface area contributed by atoms with E-state index in [4.69, 9.17) is 22.4 Å². The van der Waals surface area contributed by atoms with Gasteiger partial charge in [-0.15, -0.1) is 0 Å². The molecule has 3 nitrogen and oxygen atoms in total. The lowest BCUT2D eigenvalue weighted by Crippen LogP contribution is -2.16. The fraction of sp³-hybridized carbons (Fsp3) is 0.308. The number of halogens is 2. The van der Waals surface area contributed by atoms with Crippen molar-refractivity contribution < 1.29 is 0 Å². The van der Waals surface area contributed by atoms with Gasteiger partial charge in [0.05, 0.1) is 11.2 Å². The Hall–Kier alpha value is -0.590. The predicted octanol–water partition coefficient (Wildman–Crippen LogP) is 4.08. The third kappa shape index (κ3) is 2.55. The first-order valence-corrected chi connectivity index (χ1v) is 7.05. The van der Waals surface area contributed by atoms with Gasteiger partial charge in [0.1, 0.15) is 0 Å². The largest absolute Gasteiger partial charge is 0.323 e. The van der Waals surface area contributed by atoms with Crippen LogP contribution in [0.4, 0.5) is 5.69 Å². The van der Waals surface area contributed by atoms with Crippen LogP contribution in [0.3, 0.4) is 0 Å². The molecule has 0 amide bonds. The van der Waals surface area contributed by atoms with Crippen LogP contribution >= 0.6 is 34.2 Å². The van der Waals surface area contributed by atoms with Gasteiger partial charge in [-0.05, 0) is 40.8 Å². The summed E-state index contributed by atoms with van der Waals surface area (Å²) in [6.45, 7) is 6.39. The first kappa shape index (κ1) is 13.8. The maximum atomic E-state index is 6.08. The Kier molecular flexibility index (Phi) is 3.71. The Morgan fingerprint density at radius 1 is 1.28 bits per heavy atom. The summed E-state index contributed by atoms with van der Waals surface area (Å²) >= 11 is 8.33. The van der Waals surface area contributed by atoms with Crippen molar-refractivity contribution in [2.45, 2.75) is 26.2 Å². The molecule has 3 N–H and O–H groups in total. The van der Waals surface area contributed by atoms with E-state index in [0.717, 1.165) is 25.9 Å². The van der Waals surface area contributed by atoms with Crippen molar-refractivity contribution in [3.8, 4) is 0 Å². The number of hydrazine groups is 1. The van der Waals surface area contributed by atoms with Crippen molar-refractivity contribution in [1.82, 2.24) is 4.98 Å². The van der Waals surface area contributed by atoms with Crippen LogP contribution in [0.1, 0.15) is 26.5 Å². The van der Waals surface area contributed by atoms with Crippen LogP contribution in [-0.2, 0) is 5.41 Å². The van der Waals surface area contributed by atoms with Crippen LogP contribution in [0.2, 0.25) is 5.02 Å². The average Bonchev–Trinajstić information content (AvgIpc) is 2.26. The molecule has 0 fully saturated rings. The molecule has 0 aliphatic heterocycles. The van der Waals surface area contributed by atoms with E-state index in [0.29, 0.717) is 5.02 Å². The molecule has 96 valence electrons. The molecule has 2 rings (SSSR count). The molecule has 0 radical (unpaired) electrons. The third-order valence-electron chi connectivity index (χ3n) is 2.76. The van der Waals surface area contributed by atoms with Crippen molar-refractivity contribution in [2.75, 3.05) is 5.43 Å². The Balaban J connectivity index is 2.84. The zero-order valence-electron chi connectivity index (χ0n) is 10.5. The van der Waals surface area contributed by atoms with Crippen LogP contribution < -0.4 is 11.3 Å². The zero-order chi connectivity index (χ0) is 13.5. The lowest BCUT2D eigenvalue weighted by molar-refractivity contribution is 0.571. The second-order valence-corrected chi connectivity index (χ2v) is 6.83. The van der Waals surface area contributed by atoms with Crippen molar-refractivity contribution in [1.29, 1.82) is 0 Å². The van der Waals surface area contributed by atoms with Gasteiger partial charge in [0.2, 0.25) is 0 Å². The number of anilines is 1. The normalized spacial score (nSPS) is 11.9. The monoisotopic (exact) mass is 375 g/mol. The van der Waals surface area contributed by atoms with Gasteiger partial charge in [-0.2, -0.15) is 0 Å². The Labute approximate surface area is 125 Å². The summed E-state index contributed by atoms with van der Waals surface area (Å²) < 4.78 is 1.03. The molecule has 0 unspecified atom stereocenters. The van der Waals surface area contributed by atoms with Gasteiger partial charge in [-0.3, -0.25) is 10.8 Å². The van der Waals surface area contributed by atoms with Gasteiger partial charge >= 0.3 is 0 Å². The van der Waals surface area contributed by atoms with Gasteiger partial charge in [0.25, 0.3) is 0 Å². The minimum atomic E-state index is -0.0253. The minimum Gasteiger partial charge on any atom is -0.323 e.